The summed E-state index contributed by atoms with van der Waals surface area (Å²) >= 11 is 0. The maximum absolute atomic E-state index is 13.9. The van der Waals surface area contributed by atoms with E-state index in [1.807, 2.05) is 18.2 Å². The number of likely N-dealkylation sites (tertiary alicyclic amines) is 2. The first-order chi connectivity index (χ1) is 30.0. The van der Waals surface area contributed by atoms with E-state index in [0.29, 0.717) is 98.4 Å². The molecule has 4 heterocycles. The fraction of sp³-hybridized carbons (Fsp3) is 0.292. The number of pyridine rings is 2. The van der Waals surface area contributed by atoms with Crippen LogP contribution in [0.1, 0.15) is 36.8 Å². The summed E-state index contributed by atoms with van der Waals surface area (Å²) in [6.07, 6.45) is 4.82. The highest BCUT2D eigenvalue weighted by Crippen LogP contribution is 2.36. The van der Waals surface area contributed by atoms with Crippen molar-refractivity contribution in [1.29, 1.82) is 10.5 Å². The first kappa shape index (κ1) is 42.9. The SMILES string of the molecule is N#CC1(Cc2ccc(F)cc2)CCN(C(=O)COc2ccc(F)c3cccnc23)CC1.N#CC1(Cc2ccc(F)cc2)CCN(C(=O)COc2cccc3ccc(N)nc23)CC1. The van der Waals surface area contributed by atoms with E-state index in [-0.39, 0.29) is 36.7 Å². The average molecular weight is 840 g/mol. The number of nitrogens with zero attached hydrogens (tertiary/aromatic N) is 6. The number of nitrogens with two attached hydrogens (primary N) is 1. The number of para-hydroxylation sites is 1. The van der Waals surface area contributed by atoms with E-state index in [2.05, 4.69) is 22.1 Å². The summed E-state index contributed by atoms with van der Waals surface area (Å²) in [6, 6.07) is 32.4. The summed E-state index contributed by atoms with van der Waals surface area (Å²) in [5.74, 6) is -0.0656. The van der Waals surface area contributed by atoms with Crippen LogP contribution in [0.4, 0.5) is 19.0 Å². The van der Waals surface area contributed by atoms with E-state index < -0.39 is 16.6 Å². The molecule has 62 heavy (non-hydrogen) atoms. The molecule has 2 aliphatic heterocycles. The number of rotatable bonds is 10. The molecule has 0 saturated carbocycles. The Morgan fingerprint density at radius 2 is 1.16 bits per heavy atom. The summed E-state index contributed by atoms with van der Waals surface area (Å²) in [7, 11) is 0. The number of piperidine rings is 2. The van der Waals surface area contributed by atoms with Crippen LogP contribution in [0, 0.1) is 50.9 Å². The molecule has 316 valence electrons. The van der Waals surface area contributed by atoms with Gasteiger partial charge < -0.3 is 25.0 Å². The number of halogens is 3. The van der Waals surface area contributed by atoms with Gasteiger partial charge in [-0.15, -0.1) is 0 Å². The third kappa shape index (κ3) is 10.2. The van der Waals surface area contributed by atoms with Crippen LogP contribution in [0.2, 0.25) is 0 Å². The minimum atomic E-state index is -0.577. The number of nitriles is 2. The number of amides is 2. The van der Waals surface area contributed by atoms with Crippen molar-refractivity contribution in [1.82, 2.24) is 19.8 Å². The first-order valence-corrected chi connectivity index (χ1v) is 20.3. The molecule has 2 N–H and O–H groups in total. The van der Waals surface area contributed by atoms with Crippen LogP contribution in [0.5, 0.6) is 11.5 Å². The molecule has 0 radical (unpaired) electrons. The molecule has 2 saturated heterocycles. The summed E-state index contributed by atoms with van der Waals surface area (Å²) in [5, 5.41) is 20.8. The van der Waals surface area contributed by atoms with Crippen molar-refractivity contribution in [2.45, 2.75) is 38.5 Å². The molecule has 2 fully saturated rings. The number of ether oxygens (including phenoxy) is 2. The standard InChI is InChI=1S/C24H21F2N3O2.C24H23FN4O2/c25-18-5-3-17(4-6-18)14-24(16-27)9-12-29(13-10-24)22(30)15-31-21-8-7-20(26)19-2-1-11-28-23(19)21;25-19-7-4-17(5-8-19)14-24(16-26)10-12-29(13-11-24)22(30)15-31-20-3-1-2-18-6-9-21(27)28-23(18)20/h1-8,11H,9-10,12-15H2;1-9H,10-15H2,(H2,27,28). The molecule has 8 rings (SSSR count). The first-order valence-electron chi connectivity index (χ1n) is 20.3. The van der Waals surface area contributed by atoms with Crippen LogP contribution >= 0.6 is 0 Å². The molecule has 2 amide bonds. The number of carbonyl (C=O) groups is 2. The quantitative estimate of drug-likeness (QED) is 0.144. The minimum absolute atomic E-state index is 0.104. The second-order valence-electron chi connectivity index (χ2n) is 15.7. The third-order valence-electron chi connectivity index (χ3n) is 11.6. The Balaban J connectivity index is 0.000000186. The maximum Gasteiger partial charge on any atom is 0.260 e. The van der Waals surface area contributed by atoms with Crippen molar-refractivity contribution < 1.29 is 32.2 Å². The molecule has 2 aromatic heterocycles. The summed E-state index contributed by atoms with van der Waals surface area (Å²) in [4.78, 5) is 37.2. The van der Waals surface area contributed by atoms with Gasteiger partial charge in [-0.3, -0.25) is 14.6 Å². The number of anilines is 1. The number of hydrogen-bond donors (Lipinski definition) is 1. The number of nitrogen functional groups attached to an aromatic ring is 1. The lowest BCUT2D eigenvalue weighted by atomic mass is 9.75. The number of benzene rings is 4. The van der Waals surface area contributed by atoms with E-state index in [1.165, 1.54) is 36.4 Å². The van der Waals surface area contributed by atoms with Crippen molar-refractivity contribution in [3.8, 4) is 23.6 Å². The second kappa shape index (κ2) is 19.0. The third-order valence-corrected chi connectivity index (χ3v) is 11.6. The van der Waals surface area contributed by atoms with Gasteiger partial charge in [0.25, 0.3) is 11.8 Å². The molecule has 0 aliphatic carbocycles. The van der Waals surface area contributed by atoms with E-state index in [1.54, 1.807) is 64.5 Å². The maximum atomic E-state index is 13.9. The fourth-order valence-electron chi connectivity index (χ4n) is 7.95. The zero-order valence-electron chi connectivity index (χ0n) is 33.9. The van der Waals surface area contributed by atoms with Crippen molar-refractivity contribution in [3.63, 3.8) is 0 Å². The Kier molecular flexibility index (Phi) is 13.2. The molecule has 0 unspecified atom stereocenters. The number of fused-ring (bicyclic) bond motifs is 2. The minimum Gasteiger partial charge on any atom is -0.481 e. The van der Waals surface area contributed by atoms with Crippen molar-refractivity contribution in [3.05, 3.63) is 138 Å². The van der Waals surface area contributed by atoms with E-state index in [9.17, 15) is 33.3 Å². The molecule has 4 aromatic carbocycles. The van der Waals surface area contributed by atoms with Crippen molar-refractivity contribution >= 4 is 39.4 Å². The molecule has 0 atom stereocenters. The van der Waals surface area contributed by atoms with E-state index in [4.69, 9.17) is 15.2 Å². The van der Waals surface area contributed by atoms with Gasteiger partial charge in [0.05, 0.1) is 23.0 Å². The zero-order chi connectivity index (χ0) is 43.7. The van der Waals surface area contributed by atoms with Crippen molar-refractivity contribution in [2.24, 2.45) is 10.8 Å². The highest BCUT2D eigenvalue weighted by molar-refractivity contribution is 5.87. The lowest BCUT2D eigenvalue weighted by Crippen LogP contribution is -2.45. The molecular formula is C48H44F3N7O4. The van der Waals surface area contributed by atoms with Gasteiger partial charge in [0.2, 0.25) is 0 Å². The average Bonchev–Trinajstić information content (AvgIpc) is 3.30. The molecule has 14 heteroatoms. The van der Waals surface area contributed by atoms with Gasteiger partial charge in [0, 0.05) is 43.1 Å². The number of hydrogen-bond acceptors (Lipinski definition) is 9. The topological polar surface area (TPSA) is 158 Å². The molecule has 0 spiro atoms. The van der Waals surface area contributed by atoms with Gasteiger partial charge >= 0.3 is 0 Å². The molecular weight excluding hydrogens is 796 g/mol. The molecule has 0 bridgehead atoms. The van der Waals surface area contributed by atoms with Crippen LogP contribution in [0.15, 0.2) is 109 Å². The molecule has 6 aromatic rings. The van der Waals surface area contributed by atoms with Crippen LogP contribution in [0.25, 0.3) is 21.8 Å². The Morgan fingerprint density at radius 3 is 1.68 bits per heavy atom. The van der Waals surface area contributed by atoms with Crippen LogP contribution in [-0.4, -0.2) is 71.0 Å². The van der Waals surface area contributed by atoms with Gasteiger partial charge in [-0.05, 0) is 116 Å². The highest BCUT2D eigenvalue weighted by Gasteiger charge is 2.37. The smallest absolute Gasteiger partial charge is 0.260 e. The Morgan fingerprint density at radius 1 is 0.645 bits per heavy atom. The highest BCUT2D eigenvalue weighted by atomic mass is 19.1. The summed E-state index contributed by atoms with van der Waals surface area (Å²) in [6.45, 7) is 1.57. The Hall–Kier alpha value is -7.19. The normalized spacial score (nSPS) is 15.4. The van der Waals surface area contributed by atoms with Gasteiger partial charge in [0.15, 0.2) is 13.2 Å². The molecule has 11 nitrogen and oxygen atoms in total. The lowest BCUT2D eigenvalue weighted by Gasteiger charge is -2.37. The van der Waals surface area contributed by atoms with Gasteiger partial charge in [0.1, 0.15) is 45.8 Å². The lowest BCUT2D eigenvalue weighted by molar-refractivity contribution is -0.136. The predicted octanol–water partition coefficient (Wildman–Crippen LogP) is 7.98. The van der Waals surface area contributed by atoms with Gasteiger partial charge in [-0.2, -0.15) is 10.5 Å². The Labute approximate surface area is 357 Å². The Bertz CT molecular complexity index is 2530. The van der Waals surface area contributed by atoms with Gasteiger partial charge in [-0.1, -0.05) is 36.4 Å². The fourth-order valence-corrected chi connectivity index (χ4v) is 7.95. The summed E-state index contributed by atoms with van der Waals surface area (Å²) < 4.78 is 51.6. The number of carbonyl (C=O) groups excluding carboxylic acids is 2. The number of aromatic nitrogens is 2. The van der Waals surface area contributed by atoms with Crippen LogP contribution in [0.3, 0.4) is 0 Å². The zero-order valence-corrected chi connectivity index (χ0v) is 33.9. The van der Waals surface area contributed by atoms with E-state index in [0.717, 1.165) is 16.5 Å². The second-order valence-corrected chi connectivity index (χ2v) is 15.7. The summed E-state index contributed by atoms with van der Waals surface area (Å²) in [5.41, 5.74) is 7.48. The van der Waals surface area contributed by atoms with E-state index >= 15 is 0 Å². The monoisotopic (exact) mass is 839 g/mol. The van der Waals surface area contributed by atoms with Crippen LogP contribution in [-0.2, 0) is 22.4 Å². The largest absolute Gasteiger partial charge is 0.481 e. The predicted molar refractivity (Wildman–Crippen MR) is 227 cm³/mol. The molecule has 2 aliphatic rings. The van der Waals surface area contributed by atoms with Crippen LogP contribution < -0.4 is 15.2 Å². The van der Waals surface area contributed by atoms with Gasteiger partial charge in [-0.25, -0.2) is 18.2 Å². The van der Waals surface area contributed by atoms with Crippen molar-refractivity contribution in [2.75, 3.05) is 45.1 Å².